The maximum absolute atomic E-state index is 10.1. The molecule has 2 nitrogen and oxygen atoms in total. The highest BCUT2D eigenvalue weighted by molar-refractivity contribution is 5.27. The van der Waals surface area contributed by atoms with Crippen molar-refractivity contribution >= 4 is 0 Å². The van der Waals surface area contributed by atoms with E-state index >= 15 is 0 Å². The lowest BCUT2D eigenvalue weighted by atomic mass is 10.00. The summed E-state index contributed by atoms with van der Waals surface area (Å²) < 4.78 is 0. The Morgan fingerprint density at radius 3 is 2.63 bits per heavy atom. The third-order valence-electron chi connectivity index (χ3n) is 4.71. The first-order valence-corrected chi connectivity index (χ1v) is 7.79. The Bertz CT molecular complexity index is 386. The fourth-order valence-electron chi connectivity index (χ4n) is 3.49. The fourth-order valence-corrected chi connectivity index (χ4v) is 3.49. The molecule has 0 bridgehead atoms. The van der Waals surface area contributed by atoms with Gasteiger partial charge in [-0.3, -0.25) is 0 Å². The van der Waals surface area contributed by atoms with E-state index in [-0.39, 0.29) is 6.10 Å². The number of aliphatic hydroxyl groups excluding tert-OH is 1. The lowest BCUT2D eigenvalue weighted by Crippen LogP contribution is -2.30. The molecule has 2 saturated carbocycles. The molecule has 19 heavy (non-hydrogen) atoms. The molecule has 0 aromatic heterocycles. The molecule has 0 heterocycles. The molecule has 104 valence electrons. The minimum Gasteiger partial charge on any atom is -0.392 e. The second kappa shape index (κ2) is 6.06. The molecule has 1 aromatic carbocycles. The first kappa shape index (κ1) is 13.1. The van der Waals surface area contributed by atoms with Gasteiger partial charge >= 0.3 is 0 Å². The van der Waals surface area contributed by atoms with E-state index in [1.165, 1.54) is 37.7 Å². The molecule has 2 fully saturated rings. The summed E-state index contributed by atoms with van der Waals surface area (Å²) in [6.45, 7) is 0.768. The normalized spacial score (nSPS) is 28.5. The van der Waals surface area contributed by atoms with E-state index in [0.29, 0.717) is 12.0 Å². The van der Waals surface area contributed by atoms with Gasteiger partial charge in [-0.25, -0.2) is 0 Å². The summed E-state index contributed by atoms with van der Waals surface area (Å²) in [4.78, 5) is 0. The molecule has 2 heteroatoms. The molecule has 1 aromatic rings. The number of hydrogen-bond acceptors (Lipinski definition) is 2. The number of hydrogen-bond donors (Lipinski definition) is 2. The third kappa shape index (κ3) is 3.58. The third-order valence-corrected chi connectivity index (χ3v) is 4.71. The predicted molar refractivity (Wildman–Crippen MR) is 78.2 cm³/mol. The number of benzene rings is 1. The van der Waals surface area contributed by atoms with E-state index in [9.17, 15) is 5.11 Å². The van der Waals surface area contributed by atoms with Crippen molar-refractivity contribution in [2.45, 2.75) is 56.6 Å². The molecular weight excluding hydrogens is 234 g/mol. The van der Waals surface area contributed by atoms with Gasteiger partial charge in [-0.2, -0.15) is 0 Å². The Kier molecular flexibility index (Phi) is 4.19. The highest BCUT2D eigenvalue weighted by atomic mass is 16.3. The van der Waals surface area contributed by atoms with Gasteiger partial charge in [-0.15, -0.1) is 0 Å². The second-order valence-electron chi connectivity index (χ2n) is 6.31. The van der Waals surface area contributed by atoms with E-state index in [4.69, 9.17) is 0 Å². The van der Waals surface area contributed by atoms with Crippen LogP contribution in [0.4, 0.5) is 0 Å². The average molecular weight is 259 g/mol. The standard InChI is InChI=1S/C17H25NO/c19-15(10-13-6-4-5-7-13)12-18-17-11-16(17)14-8-2-1-3-9-14/h1-3,8-9,13,15-19H,4-7,10-12H2. The predicted octanol–water partition coefficient (Wildman–Crippen LogP) is 3.07. The van der Waals surface area contributed by atoms with Gasteiger partial charge in [0.05, 0.1) is 6.10 Å². The molecular formula is C17H25NO. The number of aliphatic hydroxyl groups is 1. The van der Waals surface area contributed by atoms with Crippen molar-refractivity contribution in [3.05, 3.63) is 35.9 Å². The van der Waals surface area contributed by atoms with E-state index in [1.54, 1.807) is 0 Å². The monoisotopic (exact) mass is 259 g/mol. The van der Waals surface area contributed by atoms with Crippen LogP contribution >= 0.6 is 0 Å². The summed E-state index contributed by atoms with van der Waals surface area (Å²) in [6.07, 6.45) is 7.45. The van der Waals surface area contributed by atoms with Crippen LogP contribution in [0.2, 0.25) is 0 Å². The number of nitrogens with one attached hydrogen (secondary N) is 1. The molecule has 3 atom stereocenters. The second-order valence-corrected chi connectivity index (χ2v) is 6.31. The average Bonchev–Trinajstić information content (AvgIpc) is 3.05. The summed E-state index contributed by atoms with van der Waals surface area (Å²) >= 11 is 0. The van der Waals surface area contributed by atoms with Gasteiger partial charge in [-0.05, 0) is 24.3 Å². The maximum Gasteiger partial charge on any atom is 0.0667 e. The van der Waals surface area contributed by atoms with Crippen LogP contribution in [0.5, 0.6) is 0 Å². The summed E-state index contributed by atoms with van der Waals surface area (Å²) in [5, 5.41) is 13.6. The van der Waals surface area contributed by atoms with Crippen molar-refractivity contribution in [2.24, 2.45) is 5.92 Å². The van der Waals surface area contributed by atoms with E-state index in [0.717, 1.165) is 18.9 Å². The zero-order valence-corrected chi connectivity index (χ0v) is 11.6. The zero-order chi connectivity index (χ0) is 13.1. The van der Waals surface area contributed by atoms with Crippen LogP contribution in [0.3, 0.4) is 0 Å². The molecule has 3 rings (SSSR count). The molecule has 3 unspecified atom stereocenters. The lowest BCUT2D eigenvalue weighted by Gasteiger charge is -2.16. The summed E-state index contributed by atoms with van der Waals surface area (Å²) in [5.74, 6) is 1.45. The van der Waals surface area contributed by atoms with Crippen LogP contribution < -0.4 is 5.32 Å². The minimum atomic E-state index is -0.153. The Labute approximate surface area is 116 Å². The first-order chi connectivity index (χ1) is 9.33. The summed E-state index contributed by atoms with van der Waals surface area (Å²) in [6, 6.07) is 11.3. The topological polar surface area (TPSA) is 32.3 Å². The molecule has 0 radical (unpaired) electrons. The SMILES string of the molecule is OC(CNC1CC1c1ccccc1)CC1CCCC1. The van der Waals surface area contributed by atoms with Crippen molar-refractivity contribution in [2.75, 3.05) is 6.54 Å². The molecule has 2 N–H and O–H groups in total. The van der Waals surface area contributed by atoms with Gasteiger partial charge in [0, 0.05) is 18.5 Å². The maximum atomic E-state index is 10.1. The largest absolute Gasteiger partial charge is 0.392 e. The minimum absolute atomic E-state index is 0.153. The molecule has 2 aliphatic rings. The van der Waals surface area contributed by atoms with Crippen LogP contribution in [-0.4, -0.2) is 23.8 Å². The highest BCUT2D eigenvalue weighted by Crippen LogP contribution is 2.40. The van der Waals surface area contributed by atoms with Crippen LogP contribution in [-0.2, 0) is 0 Å². The smallest absolute Gasteiger partial charge is 0.0667 e. The molecule has 0 saturated heterocycles. The molecule has 0 amide bonds. The van der Waals surface area contributed by atoms with Crippen molar-refractivity contribution in [3.63, 3.8) is 0 Å². The molecule has 2 aliphatic carbocycles. The highest BCUT2D eigenvalue weighted by Gasteiger charge is 2.37. The van der Waals surface area contributed by atoms with Gasteiger partial charge in [0.15, 0.2) is 0 Å². The van der Waals surface area contributed by atoms with Crippen molar-refractivity contribution in [3.8, 4) is 0 Å². The Morgan fingerprint density at radius 2 is 1.89 bits per heavy atom. The zero-order valence-electron chi connectivity index (χ0n) is 11.6. The van der Waals surface area contributed by atoms with E-state index < -0.39 is 0 Å². The van der Waals surface area contributed by atoms with Crippen LogP contribution in [0.25, 0.3) is 0 Å². The van der Waals surface area contributed by atoms with Crippen LogP contribution in [0.15, 0.2) is 30.3 Å². The van der Waals surface area contributed by atoms with Crippen LogP contribution in [0.1, 0.15) is 50.0 Å². The van der Waals surface area contributed by atoms with Gasteiger partial charge in [0.25, 0.3) is 0 Å². The van der Waals surface area contributed by atoms with Crippen molar-refractivity contribution in [1.29, 1.82) is 0 Å². The number of rotatable bonds is 6. The van der Waals surface area contributed by atoms with Gasteiger partial charge in [0.1, 0.15) is 0 Å². The molecule has 0 spiro atoms. The summed E-state index contributed by atoms with van der Waals surface area (Å²) in [5.41, 5.74) is 1.44. The van der Waals surface area contributed by atoms with Gasteiger partial charge in [-0.1, -0.05) is 56.0 Å². The van der Waals surface area contributed by atoms with E-state index in [1.807, 2.05) is 0 Å². The Balaban J connectivity index is 1.37. The Morgan fingerprint density at radius 1 is 1.16 bits per heavy atom. The van der Waals surface area contributed by atoms with E-state index in [2.05, 4.69) is 35.6 Å². The van der Waals surface area contributed by atoms with Crippen LogP contribution in [0, 0.1) is 5.92 Å². The van der Waals surface area contributed by atoms with Gasteiger partial charge < -0.3 is 10.4 Å². The lowest BCUT2D eigenvalue weighted by molar-refractivity contribution is 0.140. The summed E-state index contributed by atoms with van der Waals surface area (Å²) in [7, 11) is 0. The fraction of sp³-hybridized carbons (Fsp3) is 0.647. The Hall–Kier alpha value is -0.860. The van der Waals surface area contributed by atoms with Crippen molar-refractivity contribution < 1.29 is 5.11 Å². The quantitative estimate of drug-likeness (QED) is 0.823. The first-order valence-electron chi connectivity index (χ1n) is 7.79. The van der Waals surface area contributed by atoms with Crippen molar-refractivity contribution in [1.82, 2.24) is 5.32 Å². The van der Waals surface area contributed by atoms with Gasteiger partial charge in [0.2, 0.25) is 0 Å². The molecule has 0 aliphatic heterocycles.